The van der Waals surface area contributed by atoms with Crippen molar-refractivity contribution in [2.24, 2.45) is 0 Å². The topological polar surface area (TPSA) is 50.2 Å². The summed E-state index contributed by atoms with van der Waals surface area (Å²) >= 11 is 5.96. The van der Waals surface area contributed by atoms with Gasteiger partial charge in [-0.1, -0.05) is 25.4 Å². The molecule has 18 heavy (non-hydrogen) atoms. The molecule has 1 rings (SSSR count). The van der Waals surface area contributed by atoms with Gasteiger partial charge in [-0.25, -0.2) is 0 Å². The minimum Gasteiger partial charge on any atom is -0.349 e. The fraction of sp³-hybridized carbons (Fsp3) is 0.667. The molecule has 102 valence electrons. The standard InChI is InChI=1S/C12H21ClN4O/c1-4-16(5-2)8-7-14-12(18)11-10(13)9-15-17(11)6-3/h9H,4-8H2,1-3H3,(H,14,18). The van der Waals surface area contributed by atoms with E-state index in [1.165, 1.54) is 6.20 Å². The number of halogens is 1. The molecule has 0 radical (unpaired) electrons. The van der Waals surface area contributed by atoms with E-state index in [0.29, 0.717) is 23.8 Å². The number of nitrogens with zero attached hydrogens (tertiary/aromatic N) is 3. The van der Waals surface area contributed by atoms with Crippen LogP contribution in [0.2, 0.25) is 5.02 Å². The van der Waals surface area contributed by atoms with Crippen molar-refractivity contribution in [3.05, 3.63) is 16.9 Å². The molecule has 0 fully saturated rings. The van der Waals surface area contributed by atoms with E-state index in [1.54, 1.807) is 4.68 Å². The molecule has 6 heteroatoms. The lowest BCUT2D eigenvalue weighted by Crippen LogP contribution is -2.35. The van der Waals surface area contributed by atoms with Crippen LogP contribution in [0.5, 0.6) is 0 Å². The Morgan fingerprint density at radius 3 is 2.67 bits per heavy atom. The zero-order valence-electron chi connectivity index (χ0n) is 11.2. The molecule has 0 spiro atoms. The summed E-state index contributed by atoms with van der Waals surface area (Å²) in [5.41, 5.74) is 0.443. The summed E-state index contributed by atoms with van der Waals surface area (Å²) in [6, 6.07) is 0. The van der Waals surface area contributed by atoms with Gasteiger partial charge in [-0.15, -0.1) is 0 Å². The highest BCUT2D eigenvalue weighted by atomic mass is 35.5. The highest BCUT2D eigenvalue weighted by molar-refractivity contribution is 6.33. The third-order valence-electron chi connectivity index (χ3n) is 2.92. The molecule has 1 N–H and O–H groups in total. The first-order valence-electron chi connectivity index (χ1n) is 6.35. The van der Waals surface area contributed by atoms with Crippen molar-refractivity contribution in [3.8, 4) is 0 Å². The summed E-state index contributed by atoms with van der Waals surface area (Å²) in [4.78, 5) is 14.2. The average molecular weight is 273 g/mol. The van der Waals surface area contributed by atoms with Gasteiger partial charge < -0.3 is 10.2 Å². The average Bonchev–Trinajstić information content (AvgIpc) is 2.75. The second kappa shape index (κ2) is 7.38. The molecule has 0 saturated heterocycles. The quantitative estimate of drug-likeness (QED) is 0.821. The Hall–Kier alpha value is -1.07. The summed E-state index contributed by atoms with van der Waals surface area (Å²) < 4.78 is 1.61. The monoisotopic (exact) mass is 272 g/mol. The number of aromatic nitrogens is 2. The summed E-state index contributed by atoms with van der Waals surface area (Å²) in [5.74, 6) is -0.161. The van der Waals surface area contributed by atoms with Crippen LogP contribution >= 0.6 is 11.6 Å². The van der Waals surface area contributed by atoms with Gasteiger partial charge in [-0.2, -0.15) is 5.10 Å². The lowest BCUT2D eigenvalue weighted by atomic mass is 10.3. The number of carbonyl (C=O) groups is 1. The van der Waals surface area contributed by atoms with Crippen molar-refractivity contribution in [1.29, 1.82) is 0 Å². The van der Waals surface area contributed by atoms with Crippen molar-refractivity contribution < 1.29 is 4.79 Å². The summed E-state index contributed by atoms with van der Waals surface area (Å²) in [7, 11) is 0. The number of rotatable bonds is 7. The highest BCUT2D eigenvalue weighted by Crippen LogP contribution is 2.14. The Balaban J connectivity index is 2.52. The van der Waals surface area contributed by atoms with Gasteiger partial charge in [0, 0.05) is 19.6 Å². The van der Waals surface area contributed by atoms with Gasteiger partial charge in [0.25, 0.3) is 5.91 Å². The fourth-order valence-electron chi connectivity index (χ4n) is 1.78. The minimum atomic E-state index is -0.161. The van der Waals surface area contributed by atoms with Gasteiger partial charge >= 0.3 is 0 Å². The number of hydrogen-bond donors (Lipinski definition) is 1. The van der Waals surface area contributed by atoms with Gasteiger partial charge in [0.1, 0.15) is 5.69 Å². The van der Waals surface area contributed by atoms with Gasteiger partial charge in [0.2, 0.25) is 0 Å². The van der Waals surface area contributed by atoms with Crippen LogP contribution in [0.15, 0.2) is 6.20 Å². The Morgan fingerprint density at radius 2 is 2.11 bits per heavy atom. The van der Waals surface area contributed by atoms with Gasteiger partial charge in [0.05, 0.1) is 11.2 Å². The molecule has 0 bridgehead atoms. The number of nitrogens with one attached hydrogen (secondary N) is 1. The summed E-state index contributed by atoms with van der Waals surface area (Å²) in [5, 5.41) is 7.32. The number of amides is 1. The van der Waals surface area contributed by atoms with Crippen LogP contribution in [0.4, 0.5) is 0 Å². The van der Waals surface area contributed by atoms with Crippen LogP contribution in [-0.2, 0) is 6.54 Å². The van der Waals surface area contributed by atoms with Crippen LogP contribution in [0.1, 0.15) is 31.3 Å². The van der Waals surface area contributed by atoms with Crippen LogP contribution in [0.3, 0.4) is 0 Å². The third-order valence-corrected chi connectivity index (χ3v) is 3.19. The molecule has 0 aliphatic heterocycles. The van der Waals surface area contributed by atoms with Crippen LogP contribution in [0.25, 0.3) is 0 Å². The molecular weight excluding hydrogens is 252 g/mol. The first-order chi connectivity index (χ1) is 8.63. The first-order valence-corrected chi connectivity index (χ1v) is 6.73. The maximum atomic E-state index is 12.0. The van der Waals surface area contributed by atoms with Crippen LogP contribution in [-0.4, -0.2) is 46.8 Å². The summed E-state index contributed by atoms with van der Waals surface area (Å²) in [6.45, 7) is 10.2. The van der Waals surface area contributed by atoms with Crippen molar-refractivity contribution in [2.75, 3.05) is 26.2 Å². The van der Waals surface area contributed by atoms with E-state index in [9.17, 15) is 4.79 Å². The number of aryl methyl sites for hydroxylation is 1. The van der Waals surface area contributed by atoms with E-state index in [1.807, 2.05) is 6.92 Å². The molecule has 0 atom stereocenters. The maximum Gasteiger partial charge on any atom is 0.271 e. The van der Waals surface area contributed by atoms with E-state index in [2.05, 4.69) is 29.2 Å². The van der Waals surface area contributed by atoms with Crippen molar-refractivity contribution in [1.82, 2.24) is 20.0 Å². The van der Waals surface area contributed by atoms with E-state index < -0.39 is 0 Å². The van der Waals surface area contributed by atoms with Crippen LogP contribution in [0, 0.1) is 0 Å². The molecule has 1 heterocycles. The predicted octanol–water partition coefficient (Wildman–Crippen LogP) is 1.63. The first kappa shape index (κ1) is 15.0. The molecule has 0 aromatic carbocycles. The lowest BCUT2D eigenvalue weighted by Gasteiger charge is -2.18. The molecule has 0 aliphatic rings. The molecule has 1 amide bonds. The van der Waals surface area contributed by atoms with E-state index in [4.69, 9.17) is 11.6 Å². The predicted molar refractivity (Wildman–Crippen MR) is 73.0 cm³/mol. The zero-order chi connectivity index (χ0) is 13.5. The molecule has 1 aromatic rings. The second-order valence-electron chi connectivity index (χ2n) is 3.94. The van der Waals surface area contributed by atoms with Crippen molar-refractivity contribution >= 4 is 17.5 Å². The molecule has 0 saturated carbocycles. The van der Waals surface area contributed by atoms with Gasteiger partial charge in [-0.3, -0.25) is 9.48 Å². The Morgan fingerprint density at radius 1 is 1.44 bits per heavy atom. The second-order valence-corrected chi connectivity index (χ2v) is 4.35. The molecule has 1 aromatic heterocycles. The largest absolute Gasteiger partial charge is 0.349 e. The molecule has 5 nitrogen and oxygen atoms in total. The Kier molecular flexibility index (Phi) is 6.15. The van der Waals surface area contributed by atoms with E-state index >= 15 is 0 Å². The molecule has 0 unspecified atom stereocenters. The van der Waals surface area contributed by atoms with Crippen LogP contribution < -0.4 is 5.32 Å². The normalized spacial score (nSPS) is 10.9. The van der Waals surface area contributed by atoms with E-state index in [0.717, 1.165) is 19.6 Å². The highest BCUT2D eigenvalue weighted by Gasteiger charge is 2.16. The fourth-order valence-corrected chi connectivity index (χ4v) is 2.01. The SMILES string of the molecule is CCN(CC)CCNC(=O)c1c(Cl)cnn1CC. The number of carbonyl (C=O) groups excluding carboxylic acids is 1. The lowest BCUT2D eigenvalue weighted by molar-refractivity contribution is 0.0938. The smallest absolute Gasteiger partial charge is 0.271 e. The molecule has 0 aliphatic carbocycles. The number of likely N-dealkylation sites (N-methyl/N-ethyl adjacent to an activating group) is 1. The Labute approximate surface area is 113 Å². The minimum absolute atomic E-state index is 0.161. The maximum absolute atomic E-state index is 12.0. The molecular formula is C12H21ClN4O. The third kappa shape index (κ3) is 3.71. The summed E-state index contributed by atoms with van der Waals surface area (Å²) in [6.07, 6.45) is 1.50. The van der Waals surface area contributed by atoms with E-state index in [-0.39, 0.29) is 5.91 Å². The van der Waals surface area contributed by atoms with Crippen molar-refractivity contribution in [2.45, 2.75) is 27.3 Å². The van der Waals surface area contributed by atoms with Gasteiger partial charge in [0.15, 0.2) is 0 Å². The van der Waals surface area contributed by atoms with Gasteiger partial charge in [-0.05, 0) is 20.0 Å². The number of hydrogen-bond acceptors (Lipinski definition) is 3. The Bertz CT molecular complexity index is 387. The van der Waals surface area contributed by atoms with Crippen molar-refractivity contribution in [3.63, 3.8) is 0 Å². The zero-order valence-corrected chi connectivity index (χ0v) is 12.0.